The van der Waals surface area contributed by atoms with Gasteiger partial charge in [-0.1, -0.05) is 17.2 Å². The van der Waals surface area contributed by atoms with E-state index in [9.17, 15) is 13.2 Å². The maximum atomic E-state index is 12.5. The minimum absolute atomic E-state index is 0.0393. The lowest BCUT2D eigenvalue weighted by Gasteiger charge is -2.09. The summed E-state index contributed by atoms with van der Waals surface area (Å²) in [6, 6.07) is 4.95. The number of rotatable bonds is 3. The number of benzene rings is 1. The van der Waals surface area contributed by atoms with Gasteiger partial charge in [-0.15, -0.1) is 0 Å². The van der Waals surface area contributed by atoms with Gasteiger partial charge in [-0.3, -0.25) is 0 Å². The zero-order valence-corrected chi connectivity index (χ0v) is 9.98. The lowest BCUT2D eigenvalue weighted by atomic mass is 10.1. The molecule has 2 rings (SSSR count). The van der Waals surface area contributed by atoms with E-state index >= 15 is 0 Å². The van der Waals surface area contributed by atoms with E-state index in [0.29, 0.717) is 11.3 Å². The van der Waals surface area contributed by atoms with Gasteiger partial charge in [-0.2, -0.15) is 23.3 Å². The molecule has 0 aliphatic heterocycles. The van der Waals surface area contributed by atoms with E-state index in [4.69, 9.17) is 4.74 Å². The van der Waals surface area contributed by atoms with Crippen LogP contribution in [0.1, 0.15) is 16.8 Å². The monoisotopic (exact) mass is 269 g/mol. The van der Waals surface area contributed by atoms with Gasteiger partial charge < -0.3 is 4.74 Å². The first kappa shape index (κ1) is 13.3. The molecule has 4 nitrogen and oxygen atoms in total. The molecule has 0 aliphatic rings. The van der Waals surface area contributed by atoms with E-state index in [-0.39, 0.29) is 12.6 Å². The number of hydrogen-bond donors (Lipinski definition) is 0. The number of hydrogen-bond acceptors (Lipinski definition) is 4. The predicted octanol–water partition coefficient (Wildman–Crippen LogP) is 2.78. The molecule has 0 spiro atoms. The lowest BCUT2D eigenvalue weighted by Crippen LogP contribution is -2.07. The van der Waals surface area contributed by atoms with Gasteiger partial charge in [-0.25, -0.2) is 0 Å². The van der Waals surface area contributed by atoms with Gasteiger partial charge in [0.05, 0.1) is 17.5 Å². The molecular formula is C12H10F3N3O. The SMILES string of the molecule is Cc1cnnc(OCc2cccc(C(F)(F)F)c2)n1. The average molecular weight is 269 g/mol. The van der Waals surface area contributed by atoms with Crippen molar-refractivity contribution in [2.24, 2.45) is 0 Å². The lowest BCUT2D eigenvalue weighted by molar-refractivity contribution is -0.137. The maximum Gasteiger partial charge on any atom is 0.416 e. The Balaban J connectivity index is 2.08. The summed E-state index contributed by atoms with van der Waals surface area (Å²) in [5, 5.41) is 7.26. The summed E-state index contributed by atoms with van der Waals surface area (Å²) in [6.07, 6.45) is -2.91. The van der Waals surface area contributed by atoms with Crippen molar-refractivity contribution in [2.75, 3.05) is 0 Å². The number of alkyl halides is 3. The fourth-order valence-corrected chi connectivity index (χ4v) is 1.41. The van der Waals surface area contributed by atoms with Crippen LogP contribution in [-0.4, -0.2) is 15.2 Å². The average Bonchev–Trinajstić information content (AvgIpc) is 2.36. The van der Waals surface area contributed by atoms with E-state index in [1.165, 1.54) is 12.3 Å². The summed E-state index contributed by atoms with van der Waals surface area (Å²) in [4.78, 5) is 3.94. The van der Waals surface area contributed by atoms with Crippen molar-refractivity contribution in [1.29, 1.82) is 0 Å². The highest BCUT2D eigenvalue weighted by Crippen LogP contribution is 2.29. The highest BCUT2D eigenvalue weighted by atomic mass is 19.4. The second-order valence-corrected chi connectivity index (χ2v) is 3.87. The summed E-state index contributed by atoms with van der Waals surface area (Å²) >= 11 is 0. The van der Waals surface area contributed by atoms with E-state index in [2.05, 4.69) is 15.2 Å². The summed E-state index contributed by atoms with van der Waals surface area (Å²) in [7, 11) is 0. The molecule has 0 unspecified atom stereocenters. The molecule has 0 fully saturated rings. The van der Waals surface area contributed by atoms with Crippen LogP contribution in [0.25, 0.3) is 0 Å². The van der Waals surface area contributed by atoms with Gasteiger partial charge >= 0.3 is 12.2 Å². The second kappa shape index (κ2) is 5.21. The fourth-order valence-electron chi connectivity index (χ4n) is 1.41. The minimum Gasteiger partial charge on any atom is -0.458 e. The molecule has 0 saturated carbocycles. The summed E-state index contributed by atoms with van der Waals surface area (Å²) in [6.45, 7) is 1.67. The molecule has 1 aromatic carbocycles. The summed E-state index contributed by atoms with van der Waals surface area (Å²) < 4.78 is 42.7. The third-order valence-corrected chi connectivity index (χ3v) is 2.28. The first-order chi connectivity index (χ1) is 8.95. The Morgan fingerprint density at radius 3 is 2.74 bits per heavy atom. The van der Waals surface area contributed by atoms with Gasteiger partial charge in [0.1, 0.15) is 6.61 Å². The normalized spacial score (nSPS) is 11.4. The Morgan fingerprint density at radius 1 is 1.26 bits per heavy atom. The molecule has 1 aromatic heterocycles. The van der Waals surface area contributed by atoms with Crippen molar-refractivity contribution in [1.82, 2.24) is 15.2 Å². The molecule has 19 heavy (non-hydrogen) atoms. The molecule has 7 heteroatoms. The van der Waals surface area contributed by atoms with Crippen molar-refractivity contribution < 1.29 is 17.9 Å². The molecule has 0 aliphatic carbocycles. The molecule has 100 valence electrons. The molecule has 1 heterocycles. The van der Waals surface area contributed by atoms with Crippen molar-refractivity contribution in [2.45, 2.75) is 19.7 Å². The first-order valence-electron chi connectivity index (χ1n) is 5.40. The third-order valence-electron chi connectivity index (χ3n) is 2.28. The minimum atomic E-state index is -4.36. The van der Waals surface area contributed by atoms with Crippen LogP contribution in [0.2, 0.25) is 0 Å². The Labute approximate surface area is 107 Å². The number of ether oxygens (including phenoxy) is 1. The zero-order chi connectivity index (χ0) is 13.9. The Morgan fingerprint density at radius 2 is 2.05 bits per heavy atom. The number of aromatic nitrogens is 3. The van der Waals surface area contributed by atoms with Crippen molar-refractivity contribution >= 4 is 0 Å². The Bertz CT molecular complexity index is 572. The maximum absolute atomic E-state index is 12.5. The van der Waals surface area contributed by atoms with Crippen LogP contribution in [0.15, 0.2) is 30.5 Å². The van der Waals surface area contributed by atoms with Crippen LogP contribution in [0.4, 0.5) is 13.2 Å². The van der Waals surface area contributed by atoms with Crippen LogP contribution in [0, 0.1) is 6.92 Å². The van der Waals surface area contributed by atoms with Crippen LogP contribution in [0.5, 0.6) is 6.01 Å². The van der Waals surface area contributed by atoms with E-state index in [1.807, 2.05) is 0 Å². The number of halogens is 3. The summed E-state index contributed by atoms with van der Waals surface area (Å²) in [5.41, 5.74) is 0.297. The quantitative estimate of drug-likeness (QED) is 0.859. The third kappa shape index (κ3) is 3.64. The highest BCUT2D eigenvalue weighted by Gasteiger charge is 2.30. The molecule has 0 saturated heterocycles. The van der Waals surface area contributed by atoms with E-state index < -0.39 is 11.7 Å². The predicted molar refractivity (Wildman–Crippen MR) is 60.3 cm³/mol. The van der Waals surface area contributed by atoms with Gasteiger partial charge in [-0.05, 0) is 24.6 Å². The molecule has 2 aromatic rings. The van der Waals surface area contributed by atoms with Crippen LogP contribution >= 0.6 is 0 Å². The molecule has 0 bridgehead atoms. The number of nitrogens with zero attached hydrogens (tertiary/aromatic N) is 3. The largest absolute Gasteiger partial charge is 0.458 e. The molecule has 0 N–H and O–H groups in total. The first-order valence-corrected chi connectivity index (χ1v) is 5.40. The van der Waals surface area contributed by atoms with Gasteiger partial charge in [0, 0.05) is 0 Å². The molecule has 0 atom stereocenters. The zero-order valence-electron chi connectivity index (χ0n) is 9.98. The van der Waals surface area contributed by atoms with Crippen LogP contribution < -0.4 is 4.74 Å². The Hall–Kier alpha value is -2.18. The standard InChI is InChI=1S/C12H10F3N3O/c1-8-6-16-18-11(17-8)19-7-9-3-2-4-10(5-9)12(13,14)15/h2-6H,7H2,1H3. The molecular weight excluding hydrogens is 259 g/mol. The molecule has 0 radical (unpaired) electrons. The van der Waals surface area contributed by atoms with Gasteiger partial charge in [0.25, 0.3) is 0 Å². The topological polar surface area (TPSA) is 47.9 Å². The van der Waals surface area contributed by atoms with E-state index in [0.717, 1.165) is 12.1 Å². The molecule has 0 amide bonds. The van der Waals surface area contributed by atoms with Gasteiger partial charge in [0.2, 0.25) is 0 Å². The van der Waals surface area contributed by atoms with Crippen molar-refractivity contribution in [3.05, 3.63) is 47.3 Å². The van der Waals surface area contributed by atoms with Crippen LogP contribution in [0.3, 0.4) is 0 Å². The van der Waals surface area contributed by atoms with Crippen molar-refractivity contribution in [3.63, 3.8) is 0 Å². The van der Waals surface area contributed by atoms with Crippen LogP contribution in [-0.2, 0) is 12.8 Å². The van der Waals surface area contributed by atoms with Crippen molar-refractivity contribution in [3.8, 4) is 6.01 Å². The summed E-state index contributed by atoms with van der Waals surface area (Å²) in [5.74, 6) is 0. The second-order valence-electron chi connectivity index (χ2n) is 3.87. The smallest absolute Gasteiger partial charge is 0.416 e. The Kier molecular flexibility index (Phi) is 3.64. The highest BCUT2D eigenvalue weighted by molar-refractivity contribution is 5.25. The number of aryl methyl sites for hydroxylation is 1. The fraction of sp³-hybridized carbons (Fsp3) is 0.250. The van der Waals surface area contributed by atoms with E-state index in [1.54, 1.807) is 13.0 Å². The van der Waals surface area contributed by atoms with Gasteiger partial charge in [0.15, 0.2) is 0 Å².